The first-order chi connectivity index (χ1) is 29.1. The van der Waals surface area contributed by atoms with Gasteiger partial charge in [-0.2, -0.15) is 0 Å². The van der Waals surface area contributed by atoms with Crippen LogP contribution in [-0.2, 0) is 5.41 Å². The van der Waals surface area contributed by atoms with Gasteiger partial charge in [0.25, 0.3) is 0 Å². The van der Waals surface area contributed by atoms with Gasteiger partial charge >= 0.3 is 0 Å². The van der Waals surface area contributed by atoms with Gasteiger partial charge in [0, 0.05) is 22.1 Å². The van der Waals surface area contributed by atoms with Gasteiger partial charge in [-0.25, -0.2) is 0 Å². The zero-order chi connectivity index (χ0) is 39.3. The third kappa shape index (κ3) is 5.77. The van der Waals surface area contributed by atoms with Crippen molar-refractivity contribution in [1.29, 1.82) is 0 Å². The van der Waals surface area contributed by atoms with E-state index in [1.165, 1.54) is 82.7 Å². The summed E-state index contributed by atoms with van der Waals surface area (Å²) in [5.41, 5.74) is 17.0. The Labute approximate surface area is 346 Å². The van der Waals surface area contributed by atoms with E-state index in [4.69, 9.17) is 0 Å². The van der Waals surface area contributed by atoms with E-state index < -0.39 is 0 Å². The van der Waals surface area contributed by atoms with E-state index in [1.807, 2.05) is 0 Å². The second-order valence-electron chi connectivity index (χ2n) is 15.8. The molecular formula is C58H41N. The van der Waals surface area contributed by atoms with Crippen molar-refractivity contribution in [2.75, 3.05) is 4.90 Å². The van der Waals surface area contributed by atoms with Crippen molar-refractivity contribution in [3.05, 3.63) is 247 Å². The molecule has 0 aliphatic heterocycles. The molecule has 0 bridgehead atoms. The lowest BCUT2D eigenvalue weighted by molar-refractivity contribution is 0.714. The minimum absolute atomic E-state index is 0.244. The maximum Gasteiger partial charge on any atom is 0.0540 e. The van der Waals surface area contributed by atoms with Gasteiger partial charge in [-0.1, -0.05) is 200 Å². The van der Waals surface area contributed by atoms with Gasteiger partial charge in [0.2, 0.25) is 0 Å². The van der Waals surface area contributed by atoms with Crippen molar-refractivity contribution >= 4 is 38.6 Å². The molecule has 59 heavy (non-hydrogen) atoms. The zero-order valence-corrected chi connectivity index (χ0v) is 32.9. The Morgan fingerprint density at radius 1 is 0.339 bits per heavy atom. The fraction of sp³-hybridized carbons (Fsp3) is 0.0345. The van der Waals surface area contributed by atoms with Crippen LogP contribution in [0.2, 0.25) is 0 Å². The summed E-state index contributed by atoms with van der Waals surface area (Å²) in [6.45, 7) is 2.39. The molecule has 10 aromatic carbocycles. The number of hydrogen-bond donors (Lipinski definition) is 0. The maximum absolute atomic E-state index is 2.44. The summed E-state index contributed by atoms with van der Waals surface area (Å²) in [5.74, 6) is 0. The molecule has 278 valence electrons. The van der Waals surface area contributed by atoms with Crippen LogP contribution < -0.4 is 4.90 Å². The fourth-order valence-corrected chi connectivity index (χ4v) is 9.59. The summed E-state index contributed by atoms with van der Waals surface area (Å²) >= 11 is 0. The second kappa shape index (κ2) is 14.2. The van der Waals surface area contributed by atoms with E-state index >= 15 is 0 Å². The molecule has 0 N–H and O–H groups in total. The standard InChI is InChI=1S/C58H41N/c1-58(47-19-3-2-4-20-47)53-25-11-9-23-52(53)57-51(24-14-26-54(57)58)44-35-37-48(38-36-44)59(56-28-13-18-42-16-7-8-21-49(42)56)55-27-12-10-22-50(55)43-32-29-41(30-33-43)46-34-31-40-15-5-6-17-45(40)39-46/h2-39H,1H3. The van der Waals surface area contributed by atoms with Crippen LogP contribution in [0.25, 0.3) is 66.1 Å². The topological polar surface area (TPSA) is 3.24 Å². The SMILES string of the molecule is CC1(c2ccccc2)c2ccccc2-c2c(-c3ccc(N(c4ccccc4-c4ccc(-c5ccc6ccccc6c5)cc4)c4cccc5ccccc45)cc3)cccc21. The van der Waals surface area contributed by atoms with E-state index in [2.05, 4.69) is 242 Å². The van der Waals surface area contributed by atoms with Crippen LogP contribution in [0.5, 0.6) is 0 Å². The highest BCUT2D eigenvalue weighted by atomic mass is 15.1. The van der Waals surface area contributed by atoms with Gasteiger partial charge in [-0.15, -0.1) is 0 Å². The summed E-state index contributed by atoms with van der Waals surface area (Å²) in [4.78, 5) is 2.44. The molecule has 1 aliphatic carbocycles. The number of rotatable bonds is 7. The van der Waals surface area contributed by atoms with Crippen molar-refractivity contribution in [3.63, 3.8) is 0 Å². The Morgan fingerprint density at radius 2 is 0.881 bits per heavy atom. The predicted molar refractivity (Wildman–Crippen MR) is 250 cm³/mol. The Hall–Kier alpha value is -7.48. The molecule has 1 aliphatic rings. The lowest BCUT2D eigenvalue weighted by Gasteiger charge is -2.29. The van der Waals surface area contributed by atoms with E-state index in [1.54, 1.807) is 0 Å². The summed E-state index contributed by atoms with van der Waals surface area (Å²) in [6, 6.07) is 84.5. The fourth-order valence-electron chi connectivity index (χ4n) is 9.59. The van der Waals surface area contributed by atoms with Gasteiger partial charge in [0.05, 0.1) is 11.4 Å². The molecule has 1 unspecified atom stereocenters. The molecule has 1 nitrogen and oxygen atoms in total. The molecule has 0 spiro atoms. The van der Waals surface area contributed by atoms with Crippen LogP contribution in [-0.4, -0.2) is 0 Å². The molecule has 11 rings (SSSR count). The van der Waals surface area contributed by atoms with Crippen molar-refractivity contribution in [3.8, 4) is 44.5 Å². The number of hydrogen-bond acceptors (Lipinski definition) is 1. The average molecular weight is 752 g/mol. The van der Waals surface area contributed by atoms with Crippen LogP contribution in [0.3, 0.4) is 0 Å². The van der Waals surface area contributed by atoms with Crippen molar-refractivity contribution < 1.29 is 0 Å². The number of nitrogens with zero attached hydrogens (tertiary/aromatic N) is 1. The maximum atomic E-state index is 2.44. The third-order valence-electron chi connectivity index (χ3n) is 12.6. The van der Waals surface area contributed by atoms with Crippen LogP contribution in [0.4, 0.5) is 17.1 Å². The van der Waals surface area contributed by atoms with Gasteiger partial charge in [0.15, 0.2) is 0 Å². The quantitative estimate of drug-likeness (QED) is 0.157. The minimum atomic E-state index is -0.244. The zero-order valence-electron chi connectivity index (χ0n) is 32.9. The first-order valence-electron chi connectivity index (χ1n) is 20.5. The highest BCUT2D eigenvalue weighted by Gasteiger charge is 2.41. The normalized spacial score (nSPS) is 14.3. The van der Waals surface area contributed by atoms with E-state index in [0.29, 0.717) is 0 Å². The highest BCUT2D eigenvalue weighted by molar-refractivity contribution is 6.02. The molecule has 10 aromatic rings. The molecule has 0 fully saturated rings. The molecule has 0 aromatic heterocycles. The van der Waals surface area contributed by atoms with Crippen molar-refractivity contribution in [1.82, 2.24) is 0 Å². The summed E-state index contributed by atoms with van der Waals surface area (Å²) in [6.07, 6.45) is 0. The Balaban J connectivity index is 1.03. The molecule has 0 radical (unpaired) electrons. The molecule has 0 saturated carbocycles. The molecule has 0 heterocycles. The van der Waals surface area contributed by atoms with Gasteiger partial charge in [0.1, 0.15) is 0 Å². The van der Waals surface area contributed by atoms with Crippen LogP contribution >= 0.6 is 0 Å². The molecular weight excluding hydrogens is 711 g/mol. The summed E-state index contributed by atoms with van der Waals surface area (Å²) in [7, 11) is 0. The average Bonchev–Trinajstić information content (AvgIpc) is 3.58. The molecule has 1 heteroatoms. The molecule has 0 saturated heterocycles. The van der Waals surface area contributed by atoms with Crippen molar-refractivity contribution in [2.24, 2.45) is 0 Å². The molecule has 1 atom stereocenters. The van der Waals surface area contributed by atoms with Crippen molar-refractivity contribution in [2.45, 2.75) is 12.3 Å². The van der Waals surface area contributed by atoms with Crippen LogP contribution in [0, 0.1) is 0 Å². The Bertz CT molecular complexity index is 3150. The Kier molecular flexibility index (Phi) is 8.34. The lowest BCUT2D eigenvalue weighted by Crippen LogP contribution is -2.22. The summed E-state index contributed by atoms with van der Waals surface area (Å²) < 4.78 is 0. The van der Waals surface area contributed by atoms with Gasteiger partial charge in [-0.3, -0.25) is 0 Å². The van der Waals surface area contributed by atoms with Crippen LogP contribution in [0.15, 0.2) is 231 Å². The smallest absolute Gasteiger partial charge is 0.0540 e. The van der Waals surface area contributed by atoms with E-state index in [9.17, 15) is 0 Å². The Morgan fingerprint density at radius 3 is 1.71 bits per heavy atom. The number of fused-ring (bicyclic) bond motifs is 5. The number of anilines is 3. The summed E-state index contributed by atoms with van der Waals surface area (Å²) in [5, 5.41) is 4.93. The van der Waals surface area contributed by atoms with Gasteiger partial charge in [-0.05, 0) is 109 Å². The first-order valence-corrected chi connectivity index (χ1v) is 20.5. The first kappa shape index (κ1) is 34.7. The second-order valence-corrected chi connectivity index (χ2v) is 15.8. The number of para-hydroxylation sites is 1. The van der Waals surface area contributed by atoms with Crippen LogP contribution in [0.1, 0.15) is 23.6 Å². The van der Waals surface area contributed by atoms with E-state index in [0.717, 1.165) is 17.1 Å². The third-order valence-corrected chi connectivity index (χ3v) is 12.6. The predicted octanol–water partition coefficient (Wildman–Crippen LogP) is 15.8. The highest BCUT2D eigenvalue weighted by Crippen LogP contribution is 2.55. The van der Waals surface area contributed by atoms with Gasteiger partial charge < -0.3 is 4.90 Å². The van der Waals surface area contributed by atoms with E-state index in [-0.39, 0.29) is 5.41 Å². The minimum Gasteiger partial charge on any atom is -0.309 e. The molecule has 0 amide bonds. The lowest BCUT2D eigenvalue weighted by atomic mass is 9.74. The largest absolute Gasteiger partial charge is 0.309 e. The monoisotopic (exact) mass is 751 g/mol. The number of benzene rings is 10.